The highest BCUT2D eigenvalue weighted by Gasteiger charge is 2.29. The standard InChI is InChI=1S/C24H26N4O5S/c1-4-5-18-23(24-25-21(29)12-13-22(30)28(24)26-18)16-8-11-19(33-3)20(14-16)34(31,32)27-17-9-6-15(2)7-10-17/h6-11,14,27H,4-5,12-13H2,1-3H3,(H,25,29). The van der Waals surface area contributed by atoms with Gasteiger partial charge in [-0.2, -0.15) is 9.78 Å². The van der Waals surface area contributed by atoms with E-state index in [-0.39, 0.29) is 41.1 Å². The largest absolute Gasteiger partial charge is 0.495 e. The molecular weight excluding hydrogens is 456 g/mol. The first-order chi connectivity index (χ1) is 16.2. The van der Waals surface area contributed by atoms with Crippen LogP contribution in [0.2, 0.25) is 0 Å². The van der Waals surface area contributed by atoms with Gasteiger partial charge in [-0.3, -0.25) is 14.3 Å². The third-order valence-electron chi connectivity index (χ3n) is 5.55. The lowest BCUT2D eigenvalue weighted by Gasteiger charge is -2.14. The minimum absolute atomic E-state index is 0.0498. The van der Waals surface area contributed by atoms with E-state index in [1.807, 2.05) is 26.0 Å². The van der Waals surface area contributed by atoms with Gasteiger partial charge in [-0.15, -0.1) is 0 Å². The Morgan fingerprint density at radius 1 is 1.12 bits per heavy atom. The Kier molecular flexibility index (Phi) is 6.43. The van der Waals surface area contributed by atoms with E-state index in [9.17, 15) is 18.0 Å². The predicted octanol–water partition coefficient (Wildman–Crippen LogP) is 3.99. The van der Waals surface area contributed by atoms with Crippen LogP contribution in [0.5, 0.6) is 5.75 Å². The number of hydrogen-bond acceptors (Lipinski definition) is 6. The van der Waals surface area contributed by atoms with Gasteiger partial charge in [0.05, 0.1) is 12.8 Å². The van der Waals surface area contributed by atoms with Crippen molar-refractivity contribution in [2.24, 2.45) is 0 Å². The lowest BCUT2D eigenvalue weighted by molar-refractivity contribution is -0.116. The molecule has 0 fully saturated rings. The molecule has 10 heteroatoms. The van der Waals surface area contributed by atoms with Gasteiger partial charge in [-0.25, -0.2) is 8.42 Å². The van der Waals surface area contributed by atoms with Crippen molar-refractivity contribution in [3.05, 3.63) is 53.7 Å². The van der Waals surface area contributed by atoms with Crippen molar-refractivity contribution in [3.8, 4) is 16.9 Å². The SMILES string of the molecule is CCCc1nn2c(c1-c1ccc(OC)c(S(=O)(=O)Nc3ccc(C)cc3)c1)NC(=O)CCC2=O. The first-order valence-corrected chi connectivity index (χ1v) is 12.4. The van der Waals surface area contributed by atoms with Crippen molar-refractivity contribution in [1.29, 1.82) is 0 Å². The molecule has 1 amide bonds. The molecule has 1 aliphatic heterocycles. The van der Waals surface area contributed by atoms with E-state index in [2.05, 4.69) is 15.1 Å². The molecule has 9 nitrogen and oxygen atoms in total. The highest BCUT2D eigenvalue weighted by molar-refractivity contribution is 7.92. The second kappa shape index (κ2) is 9.30. The third kappa shape index (κ3) is 4.54. The van der Waals surface area contributed by atoms with Crippen LogP contribution in [0.1, 0.15) is 42.2 Å². The lowest BCUT2D eigenvalue weighted by atomic mass is 10.0. The Balaban J connectivity index is 1.86. The molecule has 2 aromatic carbocycles. The van der Waals surface area contributed by atoms with Crippen LogP contribution in [-0.4, -0.2) is 37.1 Å². The van der Waals surface area contributed by atoms with Crippen molar-refractivity contribution in [1.82, 2.24) is 9.78 Å². The van der Waals surface area contributed by atoms with Gasteiger partial charge in [0.1, 0.15) is 16.5 Å². The zero-order valence-electron chi connectivity index (χ0n) is 19.2. The number of sulfonamides is 1. The number of carbonyl (C=O) groups excluding carboxylic acids is 2. The smallest absolute Gasteiger partial charge is 0.265 e. The summed E-state index contributed by atoms with van der Waals surface area (Å²) in [5.41, 5.74) is 3.06. The van der Waals surface area contributed by atoms with Crippen LogP contribution in [0.4, 0.5) is 11.5 Å². The molecule has 2 heterocycles. The maximum atomic E-state index is 13.3. The van der Waals surface area contributed by atoms with Crippen LogP contribution in [-0.2, 0) is 21.2 Å². The van der Waals surface area contributed by atoms with Crippen LogP contribution in [0, 0.1) is 6.92 Å². The normalized spacial score (nSPS) is 13.7. The third-order valence-corrected chi connectivity index (χ3v) is 6.95. The van der Waals surface area contributed by atoms with E-state index in [4.69, 9.17) is 4.74 Å². The van der Waals surface area contributed by atoms with Crippen molar-refractivity contribution < 1.29 is 22.7 Å². The van der Waals surface area contributed by atoms with E-state index in [0.717, 1.165) is 12.0 Å². The average molecular weight is 483 g/mol. The molecule has 0 spiro atoms. The number of ether oxygens (including phenoxy) is 1. The fourth-order valence-electron chi connectivity index (χ4n) is 3.87. The van der Waals surface area contributed by atoms with Crippen LogP contribution >= 0.6 is 0 Å². The maximum Gasteiger partial charge on any atom is 0.265 e. The van der Waals surface area contributed by atoms with E-state index in [1.54, 1.807) is 24.3 Å². The molecule has 0 unspecified atom stereocenters. The highest BCUT2D eigenvalue weighted by Crippen LogP contribution is 2.38. The van der Waals surface area contributed by atoms with E-state index >= 15 is 0 Å². The van der Waals surface area contributed by atoms with Gasteiger partial charge in [-0.05, 0) is 43.2 Å². The zero-order valence-corrected chi connectivity index (χ0v) is 20.0. The summed E-state index contributed by atoms with van der Waals surface area (Å²) >= 11 is 0. The Morgan fingerprint density at radius 2 is 1.85 bits per heavy atom. The molecule has 0 saturated carbocycles. The predicted molar refractivity (Wildman–Crippen MR) is 129 cm³/mol. The summed E-state index contributed by atoms with van der Waals surface area (Å²) in [4.78, 5) is 24.8. The van der Waals surface area contributed by atoms with Gasteiger partial charge >= 0.3 is 0 Å². The molecule has 0 radical (unpaired) electrons. The Labute approximate surface area is 198 Å². The van der Waals surface area contributed by atoms with Gasteiger partial charge in [0.15, 0.2) is 0 Å². The molecule has 4 rings (SSSR count). The number of rotatable bonds is 7. The van der Waals surface area contributed by atoms with Crippen molar-refractivity contribution >= 4 is 33.3 Å². The number of aryl methyl sites for hydroxylation is 2. The summed E-state index contributed by atoms with van der Waals surface area (Å²) in [6, 6.07) is 11.7. The van der Waals surface area contributed by atoms with Crippen LogP contribution in [0.3, 0.4) is 0 Å². The van der Waals surface area contributed by atoms with Gasteiger partial charge in [-0.1, -0.05) is 37.1 Å². The molecule has 34 heavy (non-hydrogen) atoms. The number of nitrogens with one attached hydrogen (secondary N) is 2. The fourth-order valence-corrected chi connectivity index (χ4v) is 5.12. The lowest BCUT2D eigenvalue weighted by Crippen LogP contribution is -2.14. The monoisotopic (exact) mass is 482 g/mol. The fraction of sp³-hybridized carbons (Fsp3) is 0.292. The molecular formula is C24H26N4O5S. The van der Waals surface area contributed by atoms with Crippen LogP contribution < -0.4 is 14.8 Å². The van der Waals surface area contributed by atoms with Crippen molar-refractivity contribution in [2.45, 2.75) is 44.4 Å². The molecule has 0 aliphatic carbocycles. The number of carbonyl (C=O) groups is 2. The molecule has 178 valence electrons. The molecule has 3 aromatic rings. The van der Waals surface area contributed by atoms with E-state index in [0.29, 0.717) is 28.9 Å². The van der Waals surface area contributed by atoms with Crippen LogP contribution in [0.15, 0.2) is 47.4 Å². The molecule has 0 atom stereocenters. The number of amides is 1. The highest BCUT2D eigenvalue weighted by atomic mass is 32.2. The topological polar surface area (TPSA) is 119 Å². The van der Waals surface area contributed by atoms with Crippen LogP contribution in [0.25, 0.3) is 11.1 Å². The van der Waals surface area contributed by atoms with Gasteiger partial charge < -0.3 is 10.1 Å². The molecule has 0 bridgehead atoms. The Bertz CT molecular complexity index is 1360. The maximum absolute atomic E-state index is 13.3. The molecule has 1 aromatic heterocycles. The number of aromatic nitrogens is 2. The zero-order chi connectivity index (χ0) is 24.5. The molecule has 1 aliphatic rings. The number of hydrogen-bond donors (Lipinski definition) is 2. The van der Waals surface area contributed by atoms with Gasteiger partial charge in [0, 0.05) is 24.1 Å². The Hall–Kier alpha value is -3.66. The summed E-state index contributed by atoms with van der Waals surface area (Å²) < 4.78 is 35.8. The summed E-state index contributed by atoms with van der Waals surface area (Å²) in [6.45, 7) is 3.89. The second-order valence-corrected chi connectivity index (χ2v) is 9.76. The minimum atomic E-state index is -4.01. The summed E-state index contributed by atoms with van der Waals surface area (Å²) in [5.74, 6) is -0.159. The van der Waals surface area contributed by atoms with Crippen molar-refractivity contribution in [2.75, 3.05) is 17.1 Å². The number of nitrogens with zero attached hydrogens (tertiary/aromatic N) is 2. The summed E-state index contributed by atoms with van der Waals surface area (Å²) in [6.07, 6.45) is 1.41. The summed E-state index contributed by atoms with van der Waals surface area (Å²) in [5, 5.41) is 7.23. The molecule has 0 saturated heterocycles. The summed E-state index contributed by atoms with van der Waals surface area (Å²) in [7, 11) is -2.62. The molecule has 2 N–H and O–H groups in total. The van der Waals surface area contributed by atoms with Gasteiger partial charge in [0.2, 0.25) is 11.8 Å². The van der Waals surface area contributed by atoms with E-state index in [1.165, 1.54) is 17.9 Å². The number of methoxy groups -OCH3 is 1. The van der Waals surface area contributed by atoms with E-state index < -0.39 is 10.0 Å². The van der Waals surface area contributed by atoms with Gasteiger partial charge in [0.25, 0.3) is 10.0 Å². The van der Waals surface area contributed by atoms with Crippen molar-refractivity contribution in [3.63, 3.8) is 0 Å². The Morgan fingerprint density at radius 3 is 2.53 bits per heavy atom. The first-order valence-electron chi connectivity index (χ1n) is 11.0. The quantitative estimate of drug-likeness (QED) is 0.525. The average Bonchev–Trinajstić information content (AvgIpc) is 3.09. The second-order valence-electron chi connectivity index (χ2n) is 8.11. The number of benzene rings is 2. The minimum Gasteiger partial charge on any atom is -0.495 e. The first kappa shape index (κ1) is 23.5. The number of anilines is 2. The number of fused-ring (bicyclic) bond motifs is 1.